The highest BCUT2D eigenvalue weighted by Crippen LogP contribution is 2.30. The molecule has 0 bridgehead atoms. The van der Waals surface area contributed by atoms with Gasteiger partial charge in [-0.25, -0.2) is 4.98 Å². The van der Waals surface area contributed by atoms with Gasteiger partial charge in [0.2, 0.25) is 0 Å². The summed E-state index contributed by atoms with van der Waals surface area (Å²) in [5.41, 5.74) is 1.76. The summed E-state index contributed by atoms with van der Waals surface area (Å²) in [5.74, 6) is -0.862. The number of thiazole rings is 1. The molecule has 4 nitrogen and oxygen atoms in total. The molecule has 2 rings (SSSR count). The predicted molar refractivity (Wildman–Crippen MR) is 72.1 cm³/mol. The quantitative estimate of drug-likeness (QED) is 0.835. The average Bonchev–Trinajstić information content (AvgIpc) is 2.70. The second-order valence-corrected chi connectivity index (χ2v) is 5.65. The summed E-state index contributed by atoms with van der Waals surface area (Å²) in [4.78, 5) is 15.2. The lowest BCUT2D eigenvalue weighted by atomic mass is 10.2. The van der Waals surface area contributed by atoms with E-state index in [1.165, 1.54) is 0 Å². The Kier molecular flexibility index (Phi) is 3.54. The summed E-state index contributed by atoms with van der Waals surface area (Å²) in [7, 11) is 0. The Balaban J connectivity index is 2.27. The molecule has 1 aromatic heterocycles. The van der Waals surface area contributed by atoms with Gasteiger partial charge in [-0.2, -0.15) is 0 Å². The monoisotopic (exact) mass is 268 g/mol. The van der Waals surface area contributed by atoms with Gasteiger partial charge in [0.05, 0.1) is 10.2 Å². The van der Waals surface area contributed by atoms with Crippen LogP contribution >= 0.6 is 23.1 Å². The molecule has 2 aromatic rings. The maximum absolute atomic E-state index is 10.7. The van der Waals surface area contributed by atoms with Crippen LogP contribution in [0.3, 0.4) is 0 Å². The summed E-state index contributed by atoms with van der Waals surface area (Å²) in [6.07, 6.45) is 1.99. The van der Waals surface area contributed by atoms with Gasteiger partial charge in [0.15, 0.2) is 4.34 Å². The molecule has 1 heterocycles. The van der Waals surface area contributed by atoms with Crippen molar-refractivity contribution in [1.82, 2.24) is 4.98 Å². The Hall–Kier alpha value is -1.27. The number of nitrogens with one attached hydrogen (secondary N) is 1. The van der Waals surface area contributed by atoms with Crippen LogP contribution in [-0.4, -0.2) is 28.4 Å². The van der Waals surface area contributed by atoms with Crippen molar-refractivity contribution in [1.29, 1.82) is 0 Å². The molecular formula is C11H12N2O2S2. The first kappa shape index (κ1) is 12.2. The molecule has 90 valence electrons. The van der Waals surface area contributed by atoms with Crippen molar-refractivity contribution < 1.29 is 9.90 Å². The topological polar surface area (TPSA) is 62.2 Å². The van der Waals surface area contributed by atoms with Gasteiger partial charge in [-0.05, 0) is 31.4 Å². The molecule has 0 radical (unpaired) electrons. The molecule has 0 aliphatic heterocycles. The van der Waals surface area contributed by atoms with E-state index in [1.807, 2.05) is 24.5 Å². The first-order valence-electron chi connectivity index (χ1n) is 5.04. The molecule has 1 aromatic carbocycles. The van der Waals surface area contributed by atoms with E-state index >= 15 is 0 Å². The van der Waals surface area contributed by atoms with Gasteiger partial charge < -0.3 is 10.4 Å². The smallest absolute Gasteiger partial charge is 0.325 e. The SMILES string of the molecule is CSc1nc2ccc(NC(C)C(=O)O)cc2s1. The van der Waals surface area contributed by atoms with Gasteiger partial charge in [0.25, 0.3) is 0 Å². The molecular weight excluding hydrogens is 256 g/mol. The first-order chi connectivity index (χ1) is 8.10. The maximum atomic E-state index is 10.7. The van der Waals surface area contributed by atoms with Gasteiger partial charge in [-0.3, -0.25) is 4.79 Å². The highest BCUT2D eigenvalue weighted by atomic mass is 32.2. The summed E-state index contributed by atoms with van der Waals surface area (Å²) >= 11 is 3.22. The number of fused-ring (bicyclic) bond motifs is 1. The summed E-state index contributed by atoms with van der Waals surface area (Å²) in [6, 6.07) is 5.10. The number of hydrogen-bond donors (Lipinski definition) is 2. The van der Waals surface area contributed by atoms with E-state index in [-0.39, 0.29) is 0 Å². The Bertz CT molecular complexity index is 553. The number of thioether (sulfide) groups is 1. The number of hydrogen-bond acceptors (Lipinski definition) is 5. The van der Waals surface area contributed by atoms with E-state index in [1.54, 1.807) is 30.0 Å². The second-order valence-electron chi connectivity index (χ2n) is 3.57. The zero-order valence-corrected chi connectivity index (χ0v) is 11.1. The lowest BCUT2D eigenvalue weighted by Crippen LogP contribution is -2.25. The number of rotatable bonds is 4. The number of benzene rings is 1. The minimum atomic E-state index is -0.862. The van der Waals surface area contributed by atoms with Crippen LogP contribution in [0.5, 0.6) is 0 Å². The largest absolute Gasteiger partial charge is 0.480 e. The van der Waals surface area contributed by atoms with Crippen LogP contribution in [0.2, 0.25) is 0 Å². The number of carbonyl (C=O) groups is 1. The zero-order valence-electron chi connectivity index (χ0n) is 9.43. The van der Waals surface area contributed by atoms with Crippen molar-refractivity contribution in [3.05, 3.63) is 18.2 Å². The number of carboxylic acids is 1. The second kappa shape index (κ2) is 4.93. The molecule has 0 amide bonds. The van der Waals surface area contributed by atoms with Crippen molar-refractivity contribution in [3.8, 4) is 0 Å². The molecule has 0 saturated heterocycles. The molecule has 6 heteroatoms. The lowest BCUT2D eigenvalue weighted by Gasteiger charge is -2.10. The Labute approximate surface area is 107 Å². The molecule has 0 fully saturated rings. The highest BCUT2D eigenvalue weighted by Gasteiger charge is 2.11. The molecule has 0 aliphatic rings. The third-order valence-electron chi connectivity index (χ3n) is 2.30. The van der Waals surface area contributed by atoms with E-state index < -0.39 is 12.0 Å². The van der Waals surface area contributed by atoms with Crippen LogP contribution in [-0.2, 0) is 4.79 Å². The van der Waals surface area contributed by atoms with Crippen molar-refractivity contribution >= 4 is 45.0 Å². The summed E-state index contributed by atoms with van der Waals surface area (Å²) in [6.45, 7) is 1.62. The van der Waals surface area contributed by atoms with Crippen LogP contribution in [0.25, 0.3) is 10.2 Å². The maximum Gasteiger partial charge on any atom is 0.325 e. The molecule has 17 heavy (non-hydrogen) atoms. The van der Waals surface area contributed by atoms with Gasteiger partial charge in [0.1, 0.15) is 6.04 Å². The van der Waals surface area contributed by atoms with Crippen LogP contribution in [0.4, 0.5) is 5.69 Å². The first-order valence-corrected chi connectivity index (χ1v) is 7.08. The number of aromatic nitrogens is 1. The van der Waals surface area contributed by atoms with Crippen LogP contribution < -0.4 is 5.32 Å². The van der Waals surface area contributed by atoms with E-state index in [0.717, 1.165) is 20.2 Å². The molecule has 1 atom stereocenters. The van der Waals surface area contributed by atoms with Gasteiger partial charge in [-0.15, -0.1) is 11.3 Å². The minimum absolute atomic E-state index is 0.597. The van der Waals surface area contributed by atoms with Gasteiger partial charge in [0, 0.05) is 5.69 Å². The number of nitrogens with zero attached hydrogens (tertiary/aromatic N) is 1. The van der Waals surface area contributed by atoms with Crippen molar-refractivity contribution in [3.63, 3.8) is 0 Å². The third kappa shape index (κ3) is 2.70. The Morgan fingerprint density at radius 3 is 3.00 bits per heavy atom. The minimum Gasteiger partial charge on any atom is -0.480 e. The van der Waals surface area contributed by atoms with Crippen molar-refractivity contribution in [2.24, 2.45) is 0 Å². The lowest BCUT2D eigenvalue weighted by molar-refractivity contribution is -0.137. The van der Waals surface area contributed by atoms with E-state index in [9.17, 15) is 4.79 Å². The van der Waals surface area contributed by atoms with Crippen LogP contribution in [0.1, 0.15) is 6.92 Å². The van der Waals surface area contributed by atoms with Crippen molar-refractivity contribution in [2.75, 3.05) is 11.6 Å². The van der Waals surface area contributed by atoms with E-state index in [0.29, 0.717) is 0 Å². The standard InChI is InChI=1S/C11H12N2O2S2/c1-6(10(14)15)12-7-3-4-8-9(5-7)17-11(13-8)16-2/h3-6,12H,1-2H3,(H,14,15). The van der Waals surface area contributed by atoms with Gasteiger partial charge >= 0.3 is 5.97 Å². The van der Waals surface area contributed by atoms with Crippen LogP contribution in [0.15, 0.2) is 22.5 Å². The Morgan fingerprint density at radius 1 is 1.59 bits per heavy atom. The number of anilines is 1. The third-order valence-corrected chi connectivity index (χ3v) is 4.30. The highest BCUT2D eigenvalue weighted by molar-refractivity contribution is 8.00. The van der Waals surface area contributed by atoms with Gasteiger partial charge in [-0.1, -0.05) is 11.8 Å². The fourth-order valence-corrected chi connectivity index (χ4v) is 2.92. The molecule has 0 spiro atoms. The predicted octanol–water partition coefficient (Wildman–Crippen LogP) is 2.90. The Morgan fingerprint density at radius 2 is 2.35 bits per heavy atom. The molecule has 2 N–H and O–H groups in total. The van der Waals surface area contributed by atoms with Crippen molar-refractivity contribution in [2.45, 2.75) is 17.3 Å². The van der Waals surface area contributed by atoms with E-state index in [4.69, 9.17) is 5.11 Å². The van der Waals surface area contributed by atoms with E-state index in [2.05, 4.69) is 10.3 Å². The number of aliphatic carboxylic acids is 1. The average molecular weight is 268 g/mol. The zero-order chi connectivity index (χ0) is 12.4. The molecule has 0 aliphatic carbocycles. The number of carboxylic acid groups (broad SMARTS) is 1. The molecule has 0 saturated carbocycles. The fourth-order valence-electron chi connectivity index (χ4n) is 1.39. The normalized spacial score (nSPS) is 12.6. The summed E-state index contributed by atoms with van der Waals surface area (Å²) in [5, 5.41) is 11.8. The van der Waals surface area contributed by atoms with Crippen LogP contribution in [0, 0.1) is 0 Å². The fraction of sp³-hybridized carbons (Fsp3) is 0.273. The molecule has 1 unspecified atom stereocenters. The summed E-state index contributed by atoms with van der Waals surface area (Å²) < 4.78 is 2.08.